The molecule has 2 aliphatic heterocycles. The topological polar surface area (TPSA) is 87.5 Å². The summed E-state index contributed by atoms with van der Waals surface area (Å²) in [5, 5.41) is 4.28. The van der Waals surface area contributed by atoms with Crippen molar-refractivity contribution < 1.29 is 8.42 Å². The predicted octanol–water partition coefficient (Wildman–Crippen LogP) is 1.64. The molecule has 4 rings (SSSR count). The lowest BCUT2D eigenvalue weighted by Gasteiger charge is -2.35. The lowest BCUT2D eigenvalue weighted by molar-refractivity contribution is 0.383. The predicted molar refractivity (Wildman–Crippen MR) is 116 cm³/mol. The normalized spacial score (nSPS) is 18.8. The summed E-state index contributed by atoms with van der Waals surface area (Å²) in [5.41, 5.74) is 2.17. The second-order valence-corrected chi connectivity index (χ2v) is 10.1. The second-order valence-electron chi connectivity index (χ2n) is 8.23. The minimum absolute atomic E-state index is 0.337. The summed E-state index contributed by atoms with van der Waals surface area (Å²) in [6.07, 6.45) is 3.62. The number of nitrogens with zero attached hydrogens (tertiary/aromatic N) is 7. The summed E-state index contributed by atoms with van der Waals surface area (Å²) in [4.78, 5) is 14.2. The van der Waals surface area contributed by atoms with Crippen molar-refractivity contribution in [3.05, 3.63) is 23.1 Å². The van der Waals surface area contributed by atoms with Gasteiger partial charge in [0.05, 0.1) is 11.4 Å². The van der Waals surface area contributed by atoms with Crippen molar-refractivity contribution in [1.82, 2.24) is 24.1 Å². The quantitative estimate of drug-likeness (QED) is 0.724. The number of piperazine rings is 1. The number of piperidine rings is 1. The molecule has 0 aromatic carbocycles. The van der Waals surface area contributed by atoms with Crippen molar-refractivity contribution in [2.75, 3.05) is 49.1 Å². The van der Waals surface area contributed by atoms with Crippen LogP contribution in [0.5, 0.6) is 0 Å². The fourth-order valence-electron chi connectivity index (χ4n) is 4.35. The monoisotopic (exact) mass is 433 g/mol. The highest BCUT2D eigenvalue weighted by Gasteiger charge is 2.33. The molecule has 30 heavy (non-hydrogen) atoms. The van der Waals surface area contributed by atoms with Crippen molar-refractivity contribution in [2.24, 2.45) is 7.05 Å². The van der Waals surface area contributed by atoms with Crippen molar-refractivity contribution in [2.45, 2.75) is 44.9 Å². The molecule has 2 saturated heterocycles. The summed E-state index contributed by atoms with van der Waals surface area (Å²) in [7, 11) is -1.78. The first-order chi connectivity index (χ1) is 14.3. The maximum atomic E-state index is 13.2. The summed E-state index contributed by atoms with van der Waals surface area (Å²) < 4.78 is 29.6. The molecule has 4 heterocycles. The first kappa shape index (κ1) is 21.0. The van der Waals surface area contributed by atoms with E-state index in [2.05, 4.69) is 19.9 Å². The molecule has 0 atom stereocenters. The van der Waals surface area contributed by atoms with E-state index in [1.54, 1.807) is 29.9 Å². The molecule has 0 unspecified atom stereocenters. The Labute approximate surface area is 178 Å². The van der Waals surface area contributed by atoms with Crippen LogP contribution in [0.3, 0.4) is 0 Å². The highest BCUT2D eigenvalue weighted by molar-refractivity contribution is 7.89. The first-order valence-electron chi connectivity index (χ1n) is 10.6. The lowest BCUT2D eigenvalue weighted by Crippen LogP contribution is -2.49. The van der Waals surface area contributed by atoms with Crippen LogP contribution in [0.4, 0.5) is 11.8 Å². The molecule has 0 amide bonds. The smallest absolute Gasteiger partial charge is 0.246 e. The molecule has 0 aliphatic carbocycles. The van der Waals surface area contributed by atoms with Crippen LogP contribution in [0.25, 0.3) is 0 Å². The Morgan fingerprint density at radius 3 is 2.13 bits per heavy atom. The molecule has 2 aliphatic rings. The van der Waals surface area contributed by atoms with Crippen LogP contribution < -0.4 is 9.80 Å². The molecule has 0 spiro atoms. The van der Waals surface area contributed by atoms with Gasteiger partial charge in [0, 0.05) is 58.1 Å². The van der Waals surface area contributed by atoms with Gasteiger partial charge < -0.3 is 9.80 Å². The zero-order valence-electron chi connectivity index (χ0n) is 18.3. The van der Waals surface area contributed by atoms with Gasteiger partial charge in [0.1, 0.15) is 10.7 Å². The molecule has 0 saturated carbocycles. The molecule has 164 valence electrons. The number of rotatable bonds is 4. The minimum atomic E-state index is -3.56. The van der Waals surface area contributed by atoms with Crippen LogP contribution >= 0.6 is 0 Å². The summed E-state index contributed by atoms with van der Waals surface area (Å²) >= 11 is 0. The Morgan fingerprint density at radius 1 is 0.867 bits per heavy atom. The number of anilines is 2. The third-order valence-corrected chi connectivity index (χ3v) is 8.22. The molecule has 0 radical (unpaired) electrons. The zero-order chi connectivity index (χ0) is 21.5. The van der Waals surface area contributed by atoms with Crippen LogP contribution in [0, 0.1) is 20.8 Å². The summed E-state index contributed by atoms with van der Waals surface area (Å²) in [6.45, 7) is 9.61. The third kappa shape index (κ3) is 3.90. The zero-order valence-corrected chi connectivity index (χ0v) is 19.1. The van der Waals surface area contributed by atoms with Crippen LogP contribution in [0.15, 0.2) is 11.0 Å². The standard InChI is InChI=1S/C20H31N7O2S/c1-15-14-18(22-20(21-15)26-8-6-5-7-9-26)25-10-12-27(13-11-25)30(28,29)19-16(2)23-24(4)17(19)3/h14H,5-13H2,1-4H3. The van der Waals surface area contributed by atoms with E-state index >= 15 is 0 Å². The number of hydrogen-bond donors (Lipinski definition) is 0. The first-order valence-corrected chi connectivity index (χ1v) is 12.1. The molecule has 0 bridgehead atoms. The molecule has 2 fully saturated rings. The number of aromatic nitrogens is 4. The summed E-state index contributed by atoms with van der Waals surface area (Å²) in [5.74, 6) is 1.68. The van der Waals surface area contributed by atoms with Gasteiger partial charge >= 0.3 is 0 Å². The fourth-order valence-corrected chi connectivity index (χ4v) is 6.17. The van der Waals surface area contributed by atoms with E-state index in [1.807, 2.05) is 13.0 Å². The molecule has 2 aromatic heterocycles. The third-order valence-electron chi connectivity index (χ3n) is 6.07. The molecule has 0 N–H and O–H groups in total. The van der Waals surface area contributed by atoms with Gasteiger partial charge in [0.2, 0.25) is 16.0 Å². The van der Waals surface area contributed by atoms with E-state index in [9.17, 15) is 8.42 Å². The van der Waals surface area contributed by atoms with Gasteiger partial charge in [-0.1, -0.05) is 0 Å². The van der Waals surface area contributed by atoms with Crippen LogP contribution in [0.2, 0.25) is 0 Å². The maximum absolute atomic E-state index is 13.2. The van der Waals surface area contributed by atoms with E-state index < -0.39 is 10.0 Å². The van der Waals surface area contributed by atoms with E-state index in [0.29, 0.717) is 42.5 Å². The van der Waals surface area contributed by atoms with Gasteiger partial charge in [0.15, 0.2) is 0 Å². The maximum Gasteiger partial charge on any atom is 0.246 e. The van der Waals surface area contributed by atoms with Crippen molar-refractivity contribution in [1.29, 1.82) is 0 Å². The van der Waals surface area contributed by atoms with Gasteiger partial charge in [-0.25, -0.2) is 13.4 Å². The van der Waals surface area contributed by atoms with E-state index in [0.717, 1.165) is 30.5 Å². The van der Waals surface area contributed by atoms with Crippen LogP contribution in [-0.2, 0) is 17.1 Å². The molecular formula is C20H31N7O2S. The minimum Gasteiger partial charge on any atom is -0.354 e. The molecule has 2 aromatic rings. The van der Waals surface area contributed by atoms with Gasteiger partial charge in [0.25, 0.3) is 0 Å². The van der Waals surface area contributed by atoms with Gasteiger partial charge in [-0.05, 0) is 40.0 Å². The number of aryl methyl sites for hydroxylation is 3. The molecule has 9 nitrogen and oxygen atoms in total. The number of hydrogen-bond acceptors (Lipinski definition) is 7. The largest absolute Gasteiger partial charge is 0.354 e. The Hall–Kier alpha value is -2.20. The Morgan fingerprint density at radius 2 is 1.53 bits per heavy atom. The Bertz CT molecular complexity index is 1020. The molecule has 10 heteroatoms. The second kappa shape index (κ2) is 8.14. The Kier molecular flexibility index (Phi) is 5.71. The highest BCUT2D eigenvalue weighted by atomic mass is 32.2. The number of sulfonamides is 1. The van der Waals surface area contributed by atoms with E-state index in [-0.39, 0.29) is 0 Å². The lowest BCUT2D eigenvalue weighted by atomic mass is 10.1. The summed E-state index contributed by atoms with van der Waals surface area (Å²) in [6, 6.07) is 1.99. The van der Waals surface area contributed by atoms with E-state index in [1.165, 1.54) is 19.3 Å². The van der Waals surface area contributed by atoms with Gasteiger partial charge in [-0.3, -0.25) is 4.68 Å². The van der Waals surface area contributed by atoms with Crippen molar-refractivity contribution >= 4 is 21.8 Å². The van der Waals surface area contributed by atoms with Gasteiger partial charge in [-0.2, -0.15) is 14.4 Å². The average molecular weight is 434 g/mol. The van der Waals surface area contributed by atoms with Crippen molar-refractivity contribution in [3.63, 3.8) is 0 Å². The SMILES string of the molecule is Cc1cc(N2CCN(S(=O)(=O)c3c(C)nn(C)c3C)CC2)nc(N2CCCCC2)n1. The Balaban J connectivity index is 1.50. The highest BCUT2D eigenvalue weighted by Crippen LogP contribution is 2.26. The average Bonchev–Trinajstić information content (AvgIpc) is 3.00. The van der Waals surface area contributed by atoms with Crippen LogP contribution in [0.1, 0.15) is 36.3 Å². The van der Waals surface area contributed by atoms with Crippen molar-refractivity contribution in [3.8, 4) is 0 Å². The molecular weight excluding hydrogens is 402 g/mol. The van der Waals surface area contributed by atoms with Gasteiger partial charge in [-0.15, -0.1) is 0 Å². The fraction of sp³-hybridized carbons (Fsp3) is 0.650. The van der Waals surface area contributed by atoms with E-state index in [4.69, 9.17) is 4.98 Å². The van der Waals surface area contributed by atoms with Crippen LogP contribution in [-0.4, -0.2) is 71.7 Å².